The molecular weight excluding hydrogens is 443 g/mol. The Bertz CT molecular complexity index is 1260. The van der Waals surface area contributed by atoms with Crippen molar-refractivity contribution in [2.24, 2.45) is 0 Å². The maximum Gasteiger partial charge on any atom is 0.425 e. The van der Waals surface area contributed by atoms with Gasteiger partial charge in [0.2, 0.25) is 0 Å². The zero-order valence-electron chi connectivity index (χ0n) is 16.5. The van der Waals surface area contributed by atoms with Crippen LogP contribution in [0.1, 0.15) is 10.4 Å². The molecule has 4 heterocycles. The minimum atomic E-state index is -4.46. The molecule has 3 aromatic heterocycles. The molecule has 5 rings (SSSR count). The Kier molecular flexibility index (Phi) is 5.25. The third kappa shape index (κ3) is 4.15. The molecule has 1 aliphatic rings. The van der Waals surface area contributed by atoms with Gasteiger partial charge in [-0.3, -0.25) is 4.98 Å². The van der Waals surface area contributed by atoms with Gasteiger partial charge in [-0.15, -0.1) is 11.3 Å². The summed E-state index contributed by atoms with van der Waals surface area (Å²) in [4.78, 5) is 16.4. The van der Waals surface area contributed by atoms with Crippen molar-refractivity contribution in [2.75, 3.05) is 25.1 Å². The molecule has 32 heavy (non-hydrogen) atoms. The van der Waals surface area contributed by atoms with Crippen molar-refractivity contribution in [1.82, 2.24) is 19.9 Å². The standard InChI is InChI=1S/C21H16F3N5O2S/c22-21(23,24)17-10-13-18(28-19(29-20(13)32-17)14-11-25-5-6-26-14)27-4-3-12-1-2-15-16(9-12)31-8-7-30-15/h1-2,5-6,9-11H,3-4,7-8H2,(H,27,28,29). The molecule has 0 radical (unpaired) electrons. The molecule has 1 aliphatic heterocycles. The number of fused-ring (bicyclic) bond motifs is 2. The second kappa shape index (κ2) is 8.23. The lowest BCUT2D eigenvalue weighted by Crippen LogP contribution is -2.15. The summed E-state index contributed by atoms with van der Waals surface area (Å²) in [6.45, 7) is 1.47. The van der Waals surface area contributed by atoms with Crippen LogP contribution < -0.4 is 14.8 Å². The summed E-state index contributed by atoms with van der Waals surface area (Å²) in [6.07, 6.45) is 0.604. The number of anilines is 1. The number of benzene rings is 1. The maximum absolute atomic E-state index is 13.3. The lowest BCUT2D eigenvalue weighted by molar-refractivity contribution is -0.134. The van der Waals surface area contributed by atoms with Crippen LogP contribution in [0.2, 0.25) is 0 Å². The van der Waals surface area contributed by atoms with Crippen molar-refractivity contribution in [3.05, 3.63) is 53.3 Å². The van der Waals surface area contributed by atoms with Crippen molar-refractivity contribution in [2.45, 2.75) is 12.6 Å². The molecule has 0 unspecified atom stereocenters. The van der Waals surface area contributed by atoms with Crippen LogP contribution in [0, 0.1) is 0 Å². The molecule has 0 spiro atoms. The van der Waals surface area contributed by atoms with Gasteiger partial charge in [-0.2, -0.15) is 13.2 Å². The number of nitrogens with one attached hydrogen (secondary N) is 1. The maximum atomic E-state index is 13.3. The minimum absolute atomic E-state index is 0.211. The highest BCUT2D eigenvalue weighted by Crippen LogP contribution is 2.40. The minimum Gasteiger partial charge on any atom is -0.486 e. The van der Waals surface area contributed by atoms with E-state index in [4.69, 9.17) is 9.47 Å². The van der Waals surface area contributed by atoms with Crippen molar-refractivity contribution in [3.8, 4) is 23.0 Å². The Balaban J connectivity index is 1.43. The molecule has 0 bridgehead atoms. The van der Waals surface area contributed by atoms with Crippen LogP contribution in [-0.4, -0.2) is 39.7 Å². The van der Waals surface area contributed by atoms with Crippen LogP contribution >= 0.6 is 11.3 Å². The summed E-state index contributed by atoms with van der Waals surface area (Å²) in [6, 6.07) is 6.77. The number of nitrogens with zero attached hydrogens (tertiary/aromatic N) is 4. The smallest absolute Gasteiger partial charge is 0.425 e. The van der Waals surface area contributed by atoms with E-state index in [1.807, 2.05) is 18.2 Å². The SMILES string of the molecule is FC(F)(F)c1cc2c(NCCc3ccc4c(c3)OCCO4)nc(-c3cnccn3)nc2s1. The van der Waals surface area contributed by atoms with E-state index in [1.165, 1.54) is 18.6 Å². The second-order valence-electron chi connectivity index (χ2n) is 6.97. The van der Waals surface area contributed by atoms with Gasteiger partial charge in [0.25, 0.3) is 0 Å². The van der Waals surface area contributed by atoms with Crippen LogP contribution in [0.25, 0.3) is 21.7 Å². The summed E-state index contributed by atoms with van der Waals surface area (Å²) in [5.41, 5.74) is 1.38. The van der Waals surface area contributed by atoms with E-state index < -0.39 is 11.1 Å². The average Bonchev–Trinajstić information content (AvgIpc) is 3.25. The monoisotopic (exact) mass is 459 g/mol. The molecular formula is C21H16F3N5O2S. The van der Waals surface area contributed by atoms with Crippen LogP contribution in [0.4, 0.5) is 19.0 Å². The molecule has 11 heteroatoms. The van der Waals surface area contributed by atoms with Gasteiger partial charge in [0.15, 0.2) is 17.3 Å². The Hall–Kier alpha value is -3.47. The van der Waals surface area contributed by atoms with Gasteiger partial charge in [-0.1, -0.05) is 6.07 Å². The van der Waals surface area contributed by atoms with Crippen molar-refractivity contribution in [3.63, 3.8) is 0 Å². The van der Waals surface area contributed by atoms with Crippen LogP contribution in [0.15, 0.2) is 42.9 Å². The Labute approximate surface area is 184 Å². The third-order valence-electron chi connectivity index (χ3n) is 4.78. The summed E-state index contributed by atoms with van der Waals surface area (Å²) < 4.78 is 51.0. The first-order valence-electron chi connectivity index (χ1n) is 9.75. The van der Waals surface area contributed by atoms with Gasteiger partial charge in [0, 0.05) is 18.9 Å². The van der Waals surface area contributed by atoms with Gasteiger partial charge in [0.1, 0.15) is 34.4 Å². The second-order valence-corrected chi connectivity index (χ2v) is 8.00. The molecule has 0 atom stereocenters. The number of aromatic nitrogens is 4. The Morgan fingerprint density at radius 2 is 1.88 bits per heavy atom. The molecule has 0 amide bonds. The quantitative estimate of drug-likeness (QED) is 0.467. The molecule has 0 aliphatic carbocycles. The molecule has 0 saturated carbocycles. The molecule has 164 valence electrons. The van der Waals surface area contributed by atoms with Gasteiger partial charge >= 0.3 is 6.18 Å². The van der Waals surface area contributed by atoms with E-state index in [0.717, 1.165) is 11.6 Å². The zero-order chi connectivity index (χ0) is 22.1. The molecule has 7 nitrogen and oxygen atoms in total. The zero-order valence-corrected chi connectivity index (χ0v) is 17.3. The van der Waals surface area contributed by atoms with Gasteiger partial charge in [0.05, 0.1) is 11.6 Å². The van der Waals surface area contributed by atoms with Gasteiger partial charge in [-0.05, 0) is 30.2 Å². The van der Waals surface area contributed by atoms with Crippen LogP contribution in [-0.2, 0) is 12.6 Å². The average molecular weight is 459 g/mol. The predicted octanol–water partition coefficient (Wildman–Crippen LogP) is 4.59. The Morgan fingerprint density at radius 1 is 1.03 bits per heavy atom. The molecule has 4 aromatic rings. The highest BCUT2D eigenvalue weighted by atomic mass is 32.1. The number of rotatable bonds is 5. The number of hydrogen-bond acceptors (Lipinski definition) is 8. The molecule has 1 N–H and O–H groups in total. The van der Waals surface area contributed by atoms with E-state index in [1.54, 1.807) is 0 Å². The number of hydrogen-bond donors (Lipinski definition) is 1. The van der Waals surface area contributed by atoms with E-state index in [9.17, 15) is 13.2 Å². The van der Waals surface area contributed by atoms with Gasteiger partial charge < -0.3 is 14.8 Å². The first-order valence-corrected chi connectivity index (χ1v) is 10.6. The summed E-state index contributed by atoms with van der Waals surface area (Å²) >= 11 is 0.578. The first-order chi connectivity index (χ1) is 15.5. The number of thiophene rings is 1. The predicted molar refractivity (Wildman–Crippen MR) is 113 cm³/mol. The molecule has 0 saturated heterocycles. The summed E-state index contributed by atoms with van der Waals surface area (Å²) in [5.74, 6) is 1.93. The summed E-state index contributed by atoms with van der Waals surface area (Å²) in [7, 11) is 0. The van der Waals surface area contributed by atoms with E-state index >= 15 is 0 Å². The van der Waals surface area contributed by atoms with Crippen LogP contribution in [0.3, 0.4) is 0 Å². The first kappa shape index (κ1) is 20.4. The van der Waals surface area contributed by atoms with E-state index in [2.05, 4.69) is 25.3 Å². The van der Waals surface area contributed by atoms with E-state index in [-0.39, 0.29) is 10.7 Å². The largest absolute Gasteiger partial charge is 0.486 e. The lowest BCUT2D eigenvalue weighted by Gasteiger charge is -2.19. The van der Waals surface area contributed by atoms with Gasteiger partial charge in [-0.25, -0.2) is 15.0 Å². The molecule has 0 fully saturated rings. The van der Waals surface area contributed by atoms with E-state index in [0.29, 0.717) is 65.9 Å². The van der Waals surface area contributed by atoms with Crippen molar-refractivity contribution in [1.29, 1.82) is 0 Å². The summed E-state index contributed by atoms with van der Waals surface area (Å²) in [5, 5.41) is 3.48. The Morgan fingerprint density at radius 3 is 2.66 bits per heavy atom. The normalized spacial score (nSPS) is 13.3. The fraction of sp³-hybridized carbons (Fsp3) is 0.238. The number of halogens is 3. The topological polar surface area (TPSA) is 82.0 Å². The van der Waals surface area contributed by atoms with Crippen LogP contribution in [0.5, 0.6) is 11.5 Å². The van der Waals surface area contributed by atoms with Crippen molar-refractivity contribution >= 4 is 27.4 Å². The molecule has 1 aromatic carbocycles. The third-order valence-corrected chi connectivity index (χ3v) is 5.85. The fourth-order valence-corrected chi connectivity index (χ4v) is 4.19. The lowest BCUT2D eigenvalue weighted by atomic mass is 10.1. The highest BCUT2D eigenvalue weighted by Gasteiger charge is 2.33. The fourth-order valence-electron chi connectivity index (χ4n) is 3.29. The van der Waals surface area contributed by atoms with Crippen molar-refractivity contribution < 1.29 is 22.6 Å². The number of alkyl halides is 3. The number of ether oxygens (including phenoxy) is 2. The highest BCUT2D eigenvalue weighted by molar-refractivity contribution is 7.18.